The van der Waals surface area contributed by atoms with Crippen molar-refractivity contribution < 1.29 is 9.59 Å². The number of hydrogen-bond acceptors (Lipinski definition) is 3. The topological polar surface area (TPSA) is 54.3 Å². The molecule has 1 fully saturated rings. The number of thiophene rings is 1. The van der Waals surface area contributed by atoms with Crippen LogP contribution in [-0.2, 0) is 0 Å². The summed E-state index contributed by atoms with van der Waals surface area (Å²) in [4.78, 5) is 27.6. The number of likely N-dealkylation sites (tertiary alicyclic amines) is 1. The van der Waals surface area contributed by atoms with Crippen LogP contribution in [0.25, 0.3) is 5.69 Å². The van der Waals surface area contributed by atoms with Crippen LogP contribution in [0, 0.1) is 0 Å². The fourth-order valence-corrected chi connectivity index (χ4v) is 4.03. The molecule has 1 aromatic carbocycles. The first-order chi connectivity index (χ1) is 13.2. The summed E-state index contributed by atoms with van der Waals surface area (Å²) in [6.45, 7) is 1.35. The largest absolute Gasteiger partial charge is 0.349 e. The number of nitrogens with zero attached hydrogens (tertiary/aromatic N) is 2. The highest BCUT2D eigenvalue weighted by atomic mass is 32.1. The van der Waals surface area contributed by atoms with E-state index < -0.39 is 0 Å². The van der Waals surface area contributed by atoms with Crippen molar-refractivity contribution in [3.8, 4) is 5.69 Å². The van der Waals surface area contributed by atoms with Crippen molar-refractivity contribution in [1.82, 2.24) is 14.8 Å². The van der Waals surface area contributed by atoms with E-state index in [1.807, 2.05) is 75.8 Å². The van der Waals surface area contributed by atoms with Gasteiger partial charge in [-0.1, -0.05) is 6.07 Å². The lowest BCUT2D eigenvalue weighted by atomic mass is 10.0. The van der Waals surface area contributed by atoms with Crippen molar-refractivity contribution in [3.05, 3.63) is 76.7 Å². The SMILES string of the molecule is O=C(NC1CCN(C(=O)c2cccs2)CC1)c1ccc(-n2cccc2)cc1. The lowest BCUT2D eigenvalue weighted by Gasteiger charge is -2.32. The first-order valence-electron chi connectivity index (χ1n) is 9.08. The number of nitrogens with one attached hydrogen (secondary N) is 1. The molecule has 2 amide bonds. The molecule has 4 rings (SSSR count). The second-order valence-electron chi connectivity index (χ2n) is 6.65. The van der Waals surface area contributed by atoms with Gasteiger partial charge in [0, 0.05) is 42.8 Å². The highest BCUT2D eigenvalue weighted by Crippen LogP contribution is 2.18. The van der Waals surface area contributed by atoms with E-state index >= 15 is 0 Å². The molecule has 27 heavy (non-hydrogen) atoms. The van der Waals surface area contributed by atoms with Crippen LogP contribution in [-0.4, -0.2) is 40.4 Å². The Kier molecular flexibility index (Phi) is 5.07. The Morgan fingerprint density at radius 3 is 2.30 bits per heavy atom. The third-order valence-electron chi connectivity index (χ3n) is 4.88. The molecule has 0 spiro atoms. The van der Waals surface area contributed by atoms with Crippen molar-refractivity contribution in [1.29, 1.82) is 0 Å². The normalized spacial score (nSPS) is 14.9. The Hall–Kier alpha value is -2.86. The van der Waals surface area contributed by atoms with E-state index in [9.17, 15) is 9.59 Å². The molecular formula is C21H21N3O2S. The Morgan fingerprint density at radius 2 is 1.67 bits per heavy atom. The van der Waals surface area contributed by atoms with Crippen LogP contribution in [0.1, 0.15) is 32.9 Å². The third-order valence-corrected chi connectivity index (χ3v) is 5.74. The average Bonchev–Trinajstić information content (AvgIpc) is 3.42. The molecule has 3 heterocycles. The molecule has 0 bridgehead atoms. The molecule has 5 nitrogen and oxygen atoms in total. The standard InChI is InChI=1S/C21H21N3O2S/c25-20(16-5-7-18(8-6-16)23-11-1-2-12-23)22-17-9-13-24(14-10-17)21(26)19-4-3-15-27-19/h1-8,11-12,15,17H,9-10,13-14H2,(H,22,25). The molecule has 138 valence electrons. The maximum absolute atomic E-state index is 12.5. The van der Waals surface area contributed by atoms with Gasteiger partial charge < -0.3 is 14.8 Å². The summed E-state index contributed by atoms with van der Waals surface area (Å²) in [6, 6.07) is 15.4. The molecule has 0 aliphatic carbocycles. The minimum Gasteiger partial charge on any atom is -0.349 e. The zero-order chi connectivity index (χ0) is 18.6. The van der Waals surface area contributed by atoms with E-state index in [1.54, 1.807) is 0 Å². The number of aromatic nitrogens is 1. The van der Waals surface area contributed by atoms with Gasteiger partial charge in [-0.15, -0.1) is 11.3 Å². The van der Waals surface area contributed by atoms with Crippen LogP contribution >= 0.6 is 11.3 Å². The van der Waals surface area contributed by atoms with E-state index in [0.717, 1.165) is 23.4 Å². The first kappa shape index (κ1) is 17.5. The molecule has 0 unspecified atom stereocenters. The van der Waals surface area contributed by atoms with Crippen LogP contribution in [0.15, 0.2) is 66.3 Å². The van der Waals surface area contributed by atoms with E-state index in [-0.39, 0.29) is 17.9 Å². The number of carbonyl (C=O) groups is 2. The van der Waals surface area contributed by atoms with E-state index in [1.165, 1.54) is 11.3 Å². The van der Waals surface area contributed by atoms with Gasteiger partial charge >= 0.3 is 0 Å². The molecule has 1 N–H and O–H groups in total. The van der Waals surface area contributed by atoms with Crippen molar-refractivity contribution in [2.45, 2.75) is 18.9 Å². The number of carbonyl (C=O) groups excluding carboxylic acids is 2. The molecule has 6 heteroatoms. The monoisotopic (exact) mass is 379 g/mol. The van der Waals surface area contributed by atoms with Gasteiger partial charge in [-0.3, -0.25) is 9.59 Å². The van der Waals surface area contributed by atoms with Gasteiger partial charge in [0.15, 0.2) is 0 Å². The number of amides is 2. The van der Waals surface area contributed by atoms with Crippen LogP contribution in [0.4, 0.5) is 0 Å². The second-order valence-corrected chi connectivity index (χ2v) is 7.60. The van der Waals surface area contributed by atoms with Crippen LogP contribution in [0.5, 0.6) is 0 Å². The molecule has 1 aliphatic heterocycles. The first-order valence-corrected chi connectivity index (χ1v) is 9.96. The lowest BCUT2D eigenvalue weighted by molar-refractivity contribution is 0.0703. The Balaban J connectivity index is 1.31. The van der Waals surface area contributed by atoms with Gasteiger partial charge in [-0.25, -0.2) is 0 Å². The number of piperidine rings is 1. The van der Waals surface area contributed by atoms with E-state index in [0.29, 0.717) is 18.7 Å². The lowest BCUT2D eigenvalue weighted by Crippen LogP contribution is -2.46. The summed E-state index contributed by atoms with van der Waals surface area (Å²) in [5.74, 6) is 0.0347. The molecule has 1 aliphatic rings. The maximum atomic E-state index is 12.5. The van der Waals surface area contributed by atoms with Crippen molar-refractivity contribution in [3.63, 3.8) is 0 Å². The van der Waals surface area contributed by atoms with Crippen LogP contribution < -0.4 is 5.32 Å². The molecule has 0 radical (unpaired) electrons. The number of rotatable bonds is 4. The number of hydrogen-bond donors (Lipinski definition) is 1. The molecule has 0 saturated carbocycles. The van der Waals surface area contributed by atoms with E-state index in [2.05, 4.69) is 5.32 Å². The summed E-state index contributed by atoms with van der Waals surface area (Å²) in [6.07, 6.45) is 5.51. The van der Waals surface area contributed by atoms with Gasteiger partial charge in [0.1, 0.15) is 0 Å². The van der Waals surface area contributed by atoms with Crippen molar-refractivity contribution in [2.75, 3.05) is 13.1 Å². The van der Waals surface area contributed by atoms with Crippen molar-refractivity contribution in [2.24, 2.45) is 0 Å². The Bertz CT molecular complexity index is 894. The second kappa shape index (κ2) is 7.80. The molecular weight excluding hydrogens is 358 g/mol. The predicted molar refractivity (Wildman–Crippen MR) is 106 cm³/mol. The predicted octanol–water partition coefficient (Wildman–Crippen LogP) is 3.57. The fraction of sp³-hybridized carbons (Fsp3) is 0.238. The summed E-state index contributed by atoms with van der Waals surface area (Å²) in [7, 11) is 0. The smallest absolute Gasteiger partial charge is 0.263 e. The van der Waals surface area contributed by atoms with Gasteiger partial charge in [-0.05, 0) is 60.7 Å². The average molecular weight is 379 g/mol. The molecule has 3 aromatic rings. The van der Waals surface area contributed by atoms with Crippen LogP contribution in [0.3, 0.4) is 0 Å². The fourth-order valence-electron chi connectivity index (χ4n) is 3.34. The van der Waals surface area contributed by atoms with Gasteiger partial charge in [-0.2, -0.15) is 0 Å². The van der Waals surface area contributed by atoms with Crippen molar-refractivity contribution >= 4 is 23.2 Å². The third kappa shape index (κ3) is 3.95. The zero-order valence-corrected chi connectivity index (χ0v) is 15.7. The van der Waals surface area contributed by atoms with Gasteiger partial charge in [0.25, 0.3) is 11.8 Å². The molecule has 0 atom stereocenters. The Morgan fingerprint density at radius 1 is 0.963 bits per heavy atom. The van der Waals surface area contributed by atoms with Gasteiger partial charge in [0.05, 0.1) is 4.88 Å². The maximum Gasteiger partial charge on any atom is 0.263 e. The van der Waals surface area contributed by atoms with Crippen LogP contribution in [0.2, 0.25) is 0 Å². The van der Waals surface area contributed by atoms with Gasteiger partial charge in [0.2, 0.25) is 0 Å². The summed E-state index contributed by atoms with van der Waals surface area (Å²) in [5.41, 5.74) is 1.68. The highest BCUT2D eigenvalue weighted by Gasteiger charge is 2.25. The highest BCUT2D eigenvalue weighted by molar-refractivity contribution is 7.12. The Labute approximate surface area is 162 Å². The molecule has 1 saturated heterocycles. The summed E-state index contributed by atoms with van der Waals surface area (Å²) >= 11 is 1.47. The quantitative estimate of drug-likeness (QED) is 0.753. The minimum absolute atomic E-state index is 0.0583. The zero-order valence-electron chi connectivity index (χ0n) is 14.9. The number of benzene rings is 1. The van der Waals surface area contributed by atoms with E-state index in [4.69, 9.17) is 0 Å². The minimum atomic E-state index is -0.0583. The molecule has 2 aromatic heterocycles. The summed E-state index contributed by atoms with van der Waals surface area (Å²) in [5, 5.41) is 5.02. The summed E-state index contributed by atoms with van der Waals surface area (Å²) < 4.78 is 2.00.